The molecule has 0 radical (unpaired) electrons. The number of fused-ring (bicyclic) bond motifs is 3. The molecule has 2 aromatic heterocycles. The number of nitrogens with one attached hydrogen (secondary N) is 1. The van der Waals surface area contributed by atoms with Crippen LogP contribution in [0.25, 0.3) is 21.7 Å². The van der Waals surface area contributed by atoms with E-state index >= 15 is 0 Å². The smallest absolute Gasteiger partial charge is 0.411 e. The number of hydrogen-bond acceptors (Lipinski definition) is 5. The number of hydrogen-bond donors (Lipinski definition) is 1. The maximum Gasteiger partial charge on any atom is 0.411 e. The summed E-state index contributed by atoms with van der Waals surface area (Å²) in [5.74, 6) is 0.669. The lowest BCUT2D eigenvalue weighted by Crippen LogP contribution is -2.43. The number of carbonyl (C=O) groups excluding carboxylic acids is 2. The first-order valence-corrected chi connectivity index (χ1v) is 13.0. The molecule has 8 heteroatoms. The van der Waals surface area contributed by atoms with Crippen LogP contribution in [0.15, 0.2) is 35.7 Å². The molecule has 2 amide bonds. The number of likely N-dealkylation sites (tertiary alicyclic amines) is 1. The van der Waals surface area contributed by atoms with Crippen LogP contribution in [-0.4, -0.2) is 47.3 Å². The molecule has 0 saturated carbocycles. The molecule has 7 nitrogen and oxygen atoms in total. The highest BCUT2D eigenvalue weighted by molar-refractivity contribution is 7.13. The lowest BCUT2D eigenvalue weighted by Gasteiger charge is -2.32. The third-order valence-electron chi connectivity index (χ3n) is 7.05. The quantitative estimate of drug-likeness (QED) is 0.471. The van der Waals surface area contributed by atoms with Gasteiger partial charge in [-0.3, -0.25) is 10.1 Å². The predicted octanol–water partition coefficient (Wildman–Crippen LogP) is 6.03. The van der Waals surface area contributed by atoms with E-state index < -0.39 is 6.09 Å². The topological polar surface area (TPSA) is 72.8 Å². The van der Waals surface area contributed by atoms with Gasteiger partial charge in [-0.05, 0) is 75.2 Å². The molecule has 0 spiro atoms. The summed E-state index contributed by atoms with van der Waals surface area (Å²) in [6, 6.07) is 10.1. The van der Waals surface area contributed by atoms with Gasteiger partial charge in [-0.1, -0.05) is 6.07 Å². The van der Waals surface area contributed by atoms with Crippen LogP contribution in [0.4, 0.5) is 10.5 Å². The zero-order valence-corrected chi connectivity index (χ0v) is 21.5. The van der Waals surface area contributed by atoms with Crippen LogP contribution in [0.2, 0.25) is 0 Å². The Morgan fingerprint density at radius 3 is 2.66 bits per heavy atom. The van der Waals surface area contributed by atoms with Crippen LogP contribution in [0, 0.1) is 0 Å². The van der Waals surface area contributed by atoms with Gasteiger partial charge in [0.25, 0.3) is 5.91 Å². The number of rotatable bonds is 5. The summed E-state index contributed by atoms with van der Waals surface area (Å²) < 4.78 is 12.8. The molecule has 0 unspecified atom stereocenters. The second kappa shape index (κ2) is 9.07. The van der Waals surface area contributed by atoms with E-state index in [1.807, 2.05) is 23.1 Å². The molecule has 4 heterocycles. The Hall–Kier alpha value is -3.26. The van der Waals surface area contributed by atoms with Gasteiger partial charge in [0.2, 0.25) is 0 Å². The van der Waals surface area contributed by atoms with Crippen molar-refractivity contribution in [3.05, 3.63) is 47.0 Å². The number of aryl methyl sites for hydroxylation is 1. The van der Waals surface area contributed by atoms with E-state index in [1.54, 1.807) is 25.4 Å². The first-order chi connectivity index (χ1) is 16.8. The average Bonchev–Trinajstić information content (AvgIpc) is 3.56. The van der Waals surface area contributed by atoms with Gasteiger partial charge in [0.15, 0.2) is 0 Å². The number of aromatic nitrogens is 1. The molecule has 35 heavy (non-hydrogen) atoms. The highest BCUT2D eigenvalue weighted by atomic mass is 32.1. The van der Waals surface area contributed by atoms with Gasteiger partial charge < -0.3 is 18.9 Å². The van der Waals surface area contributed by atoms with Crippen molar-refractivity contribution in [2.24, 2.45) is 0 Å². The minimum atomic E-state index is -0.525. The number of amides is 2. The van der Waals surface area contributed by atoms with Gasteiger partial charge in [-0.15, -0.1) is 11.3 Å². The summed E-state index contributed by atoms with van der Waals surface area (Å²) in [5.41, 5.74) is 5.27. The summed E-state index contributed by atoms with van der Waals surface area (Å²) in [6.07, 6.45) is 2.27. The van der Waals surface area contributed by atoms with Crippen molar-refractivity contribution in [3.8, 4) is 27.4 Å². The van der Waals surface area contributed by atoms with Gasteiger partial charge in [-0.2, -0.15) is 0 Å². The van der Waals surface area contributed by atoms with E-state index in [0.29, 0.717) is 18.0 Å². The van der Waals surface area contributed by atoms with Gasteiger partial charge >= 0.3 is 6.09 Å². The molecule has 184 valence electrons. The van der Waals surface area contributed by atoms with Gasteiger partial charge in [0, 0.05) is 34.6 Å². The van der Waals surface area contributed by atoms with Crippen LogP contribution in [0.5, 0.6) is 5.75 Å². The maximum absolute atomic E-state index is 13.8. The molecule has 2 aliphatic rings. The van der Waals surface area contributed by atoms with Crippen molar-refractivity contribution in [2.75, 3.05) is 25.6 Å². The first kappa shape index (κ1) is 23.5. The first-order valence-electron chi connectivity index (χ1n) is 12.1. The lowest BCUT2D eigenvalue weighted by molar-refractivity contribution is 0.0640. The molecule has 0 bridgehead atoms. The number of anilines is 1. The number of thiophene rings is 1. The van der Waals surface area contributed by atoms with Crippen molar-refractivity contribution < 1.29 is 19.1 Å². The van der Waals surface area contributed by atoms with Crippen LogP contribution >= 0.6 is 11.3 Å². The van der Waals surface area contributed by atoms with E-state index in [4.69, 9.17) is 9.47 Å². The number of methoxy groups -OCH3 is 1. The molecule has 1 aromatic carbocycles. The van der Waals surface area contributed by atoms with E-state index in [2.05, 4.69) is 41.2 Å². The predicted molar refractivity (Wildman–Crippen MR) is 138 cm³/mol. The van der Waals surface area contributed by atoms with Gasteiger partial charge in [0.05, 0.1) is 25.1 Å². The highest BCUT2D eigenvalue weighted by Gasteiger charge is 2.38. The fourth-order valence-electron chi connectivity index (χ4n) is 5.32. The zero-order chi connectivity index (χ0) is 24.7. The van der Waals surface area contributed by atoms with Crippen molar-refractivity contribution in [2.45, 2.75) is 52.1 Å². The minimum Gasteiger partial charge on any atom is -0.495 e. The van der Waals surface area contributed by atoms with Crippen LogP contribution < -0.4 is 10.1 Å². The Morgan fingerprint density at radius 1 is 1.17 bits per heavy atom. The van der Waals surface area contributed by atoms with Crippen molar-refractivity contribution >= 4 is 29.0 Å². The Morgan fingerprint density at radius 2 is 2.00 bits per heavy atom. The van der Waals surface area contributed by atoms with Crippen LogP contribution in [0.1, 0.15) is 49.7 Å². The van der Waals surface area contributed by atoms with E-state index in [9.17, 15) is 9.59 Å². The molecule has 1 fully saturated rings. The highest BCUT2D eigenvalue weighted by Crippen LogP contribution is 2.45. The van der Waals surface area contributed by atoms with Gasteiger partial charge in [0.1, 0.15) is 11.4 Å². The Labute approximate surface area is 209 Å². The molecule has 3 aromatic rings. The third-order valence-corrected chi connectivity index (χ3v) is 7.95. The number of carbonyl (C=O) groups is 2. The average molecular weight is 494 g/mol. The summed E-state index contributed by atoms with van der Waals surface area (Å²) >= 11 is 1.66. The second-order valence-corrected chi connectivity index (χ2v) is 10.5. The number of benzene rings is 1. The van der Waals surface area contributed by atoms with E-state index in [-0.39, 0.29) is 18.1 Å². The Balaban J connectivity index is 1.66. The molecule has 1 N–H and O–H groups in total. The van der Waals surface area contributed by atoms with Crippen LogP contribution in [0.3, 0.4) is 0 Å². The molecule has 2 aliphatic heterocycles. The Bertz CT molecular complexity index is 1280. The molecule has 1 saturated heterocycles. The molecule has 0 aliphatic carbocycles. The minimum absolute atomic E-state index is 0.0818. The summed E-state index contributed by atoms with van der Waals surface area (Å²) in [7, 11) is 1.59. The second-order valence-electron chi connectivity index (χ2n) is 9.60. The molecule has 5 rings (SSSR count). The SMILES string of the molecule is CCOC(=O)Nc1cc2c(cc1OC)CCn1c(C(=O)N3CCCC3(C)C)cc(-c3cccs3)c1-2. The largest absolute Gasteiger partial charge is 0.495 e. The normalized spacial score (nSPS) is 15.9. The van der Waals surface area contributed by atoms with Crippen molar-refractivity contribution in [1.29, 1.82) is 0 Å². The van der Waals surface area contributed by atoms with Crippen molar-refractivity contribution in [1.82, 2.24) is 9.47 Å². The monoisotopic (exact) mass is 493 g/mol. The summed E-state index contributed by atoms with van der Waals surface area (Å²) in [6.45, 7) is 7.83. The van der Waals surface area contributed by atoms with E-state index in [0.717, 1.165) is 58.8 Å². The molecular formula is C27H31N3O4S. The van der Waals surface area contributed by atoms with E-state index in [1.165, 1.54) is 0 Å². The maximum atomic E-state index is 13.8. The Kier molecular flexibility index (Phi) is 6.09. The number of ether oxygens (including phenoxy) is 2. The van der Waals surface area contributed by atoms with Crippen molar-refractivity contribution in [3.63, 3.8) is 0 Å². The number of nitrogens with zero attached hydrogens (tertiary/aromatic N) is 2. The lowest BCUT2D eigenvalue weighted by atomic mass is 9.94. The fourth-order valence-corrected chi connectivity index (χ4v) is 6.06. The molecular weight excluding hydrogens is 462 g/mol. The van der Waals surface area contributed by atoms with Gasteiger partial charge in [-0.25, -0.2) is 4.79 Å². The summed E-state index contributed by atoms with van der Waals surface area (Å²) in [4.78, 5) is 29.2. The summed E-state index contributed by atoms with van der Waals surface area (Å²) in [5, 5.41) is 4.87. The third kappa shape index (κ3) is 4.10. The standard InChI is InChI=1S/C27H31N3O4S/c1-5-34-26(32)28-20-15-18-17(14-22(20)33-4)9-12-29-21(25(31)30-11-7-10-27(30,2)3)16-19(24(18)29)23-8-6-13-35-23/h6,8,13-16H,5,7,9-12H2,1-4H3,(H,28,32). The zero-order valence-electron chi connectivity index (χ0n) is 20.6. The fraction of sp³-hybridized carbons (Fsp3) is 0.407. The molecule has 0 atom stereocenters. The van der Waals surface area contributed by atoms with Crippen LogP contribution in [-0.2, 0) is 17.7 Å².